The molecule has 1 unspecified atom stereocenters. The van der Waals surface area contributed by atoms with E-state index in [9.17, 15) is 0 Å². The molecule has 0 fully saturated rings. The molecule has 0 amide bonds. The Kier molecular flexibility index (Phi) is 7.11. The number of benzene rings is 1. The Morgan fingerprint density at radius 2 is 1.89 bits per heavy atom. The van der Waals surface area contributed by atoms with Crippen LogP contribution in [0, 0.1) is 6.92 Å². The molecule has 1 N–H and O–H groups in total. The van der Waals surface area contributed by atoms with Gasteiger partial charge in [-0.3, -0.25) is 0 Å². The molecule has 0 aliphatic carbocycles. The molecule has 0 aliphatic heterocycles. The standard InChI is InChI=1S/C17H29NO/c1-13(2)18-12-17(9-10-19-14(3)4)16-8-6-7-15(5)11-16/h6-8,11,13-14,17-18H,9-10,12H2,1-5H3. The molecule has 108 valence electrons. The highest BCUT2D eigenvalue weighted by Crippen LogP contribution is 2.20. The minimum Gasteiger partial charge on any atom is -0.379 e. The maximum atomic E-state index is 5.70. The van der Waals surface area contributed by atoms with Crippen molar-refractivity contribution in [1.29, 1.82) is 0 Å². The zero-order valence-electron chi connectivity index (χ0n) is 13.1. The summed E-state index contributed by atoms with van der Waals surface area (Å²) in [5.74, 6) is 0.529. The van der Waals surface area contributed by atoms with E-state index in [0.717, 1.165) is 19.6 Å². The molecule has 1 aromatic carbocycles. The van der Waals surface area contributed by atoms with Crippen LogP contribution in [0.1, 0.15) is 51.2 Å². The van der Waals surface area contributed by atoms with E-state index in [2.05, 4.69) is 64.2 Å². The van der Waals surface area contributed by atoms with Gasteiger partial charge in [0.1, 0.15) is 0 Å². The Morgan fingerprint density at radius 1 is 1.16 bits per heavy atom. The van der Waals surface area contributed by atoms with Crippen molar-refractivity contribution in [1.82, 2.24) is 5.32 Å². The first kappa shape index (κ1) is 16.2. The van der Waals surface area contributed by atoms with E-state index in [-0.39, 0.29) is 0 Å². The SMILES string of the molecule is Cc1cccc(C(CCOC(C)C)CNC(C)C)c1. The summed E-state index contributed by atoms with van der Waals surface area (Å²) in [6.45, 7) is 12.6. The quantitative estimate of drug-likeness (QED) is 0.768. The predicted octanol–water partition coefficient (Wildman–Crippen LogP) is 3.89. The molecular formula is C17H29NO. The minimum atomic E-state index is 0.316. The summed E-state index contributed by atoms with van der Waals surface area (Å²) in [7, 11) is 0. The van der Waals surface area contributed by atoms with Gasteiger partial charge in [0, 0.05) is 19.2 Å². The molecule has 0 heterocycles. The molecule has 0 saturated carbocycles. The Bertz CT molecular complexity index is 360. The molecule has 0 aromatic heterocycles. The van der Waals surface area contributed by atoms with Crippen LogP contribution in [0.4, 0.5) is 0 Å². The third kappa shape index (κ3) is 6.74. The number of nitrogens with one attached hydrogen (secondary N) is 1. The second-order valence-corrected chi connectivity index (χ2v) is 5.88. The van der Waals surface area contributed by atoms with E-state index in [1.165, 1.54) is 11.1 Å². The first-order valence-corrected chi connectivity index (χ1v) is 7.40. The van der Waals surface area contributed by atoms with Crippen molar-refractivity contribution >= 4 is 0 Å². The fourth-order valence-corrected chi connectivity index (χ4v) is 2.13. The molecule has 1 aromatic rings. The normalized spacial score (nSPS) is 13.2. The zero-order chi connectivity index (χ0) is 14.3. The van der Waals surface area contributed by atoms with Gasteiger partial charge in [-0.1, -0.05) is 43.7 Å². The van der Waals surface area contributed by atoms with Crippen LogP contribution < -0.4 is 5.32 Å². The molecule has 0 aliphatic rings. The predicted molar refractivity (Wildman–Crippen MR) is 82.8 cm³/mol. The van der Waals surface area contributed by atoms with Crippen LogP contribution in [-0.2, 0) is 4.74 Å². The van der Waals surface area contributed by atoms with Crippen molar-refractivity contribution in [3.8, 4) is 0 Å². The second kappa shape index (κ2) is 8.34. The summed E-state index contributed by atoms with van der Waals surface area (Å²) >= 11 is 0. The van der Waals surface area contributed by atoms with Crippen LogP contribution in [0.15, 0.2) is 24.3 Å². The van der Waals surface area contributed by atoms with Crippen molar-refractivity contribution in [2.45, 2.75) is 59.1 Å². The van der Waals surface area contributed by atoms with Gasteiger partial charge >= 0.3 is 0 Å². The number of hydrogen-bond donors (Lipinski definition) is 1. The summed E-state index contributed by atoms with van der Waals surface area (Å²) in [6, 6.07) is 9.35. The van der Waals surface area contributed by atoms with Gasteiger partial charge in [-0.25, -0.2) is 0 Å². The van der Waals surface area contributed by atoms with E-state index in [1.807, 2.05) is 0 Å². The summed E-state index contributed by atoms with van der Waals surface area (Å²) in [6.07, 6.45) is 1.39. The lowest BCUT2D eigenvalue weighted by Gasteiger charge is -2.21. The number of rotatable bonds is 8. The maximum absolute atomic E-state index is 5.70. The Balaban J connectivity index is 2.62. The minimum absolute atomic E-state index is 0.316. The third-order valence-electron chi connectivity index (χ3n) is 3.20. The number of ether oxygens (including phenoxy) is 1. The van der Waals surface area contributed by atoms with E-state index < -0.39 is 0 Å². The monoisotopic (exact) mass is 263 g/mol. The van der Waals surface area contributed by atoms with Gasteiger partial charge in [-0.15, -0.1) is 0 Å². The smallest absolute Gasteiger partial charge is 0.0518 e. The number of aryl methyl sites for hydroxylation is 1. The van der Waals surface area contributed by atoms with E-state index in [4.69, 9.17) is 4.74 Å². The highest BCUT2D eigenvalue weighted by Gasteiger charge is 2.12. The van der Waals surface area contributed by atoms with Crippen LogP contribution >= 0.6 is 0 Å². The summed E-state index contributed by atoms with van der Waals surface area (Å²) in [5.41, 5.74) is 2.75. The Hall–Kier alpha value is -0.860. The summed E-state index contributed by atoms with van der Waals surface area (Å²) in [4.78, 5) is 0. The van der Waals surface area contributed by atoms with Crippen LogP contribution in [0.25, 0.3) is 0 Å². The molecule has 0 radical (unpaired) electrons. The third-order valence-corrected chi connectivity index (χ3v) is 3.20. The molecule has 0 bridgehead atoms. The molecular weight excluding hydrogens is 234 g/mol. The molecule has 1 rings (SSSR count). The first-order valence-electron chi connectivity index (χ1n) is 7.40. The van der Waals surface area contributed by atoms with Crippen LogP contribution in [0.2, 0.25) is 0 Å². The largest absolute Gasteiger partial charge is 0.379 e. The van der Waals surface area contributed by atoms with Crippen LogP contribution in [0.5, 0.6) is 0 Å². The lowest BCUT2D eigenvalue weighted by atomic mass is 9.94. The lowest BCUT2D eigenvalue weighted by Crippen LogP contribution is -2.28. The lowest BCUT2D eigenvalue weighted by molar-refractivity contribution is 0.0731. The van der Waals surface area contributed by atoms with Gasteiger partial charge in [0.2, 0.25) is 0 Å². The van der Waals surface area contributed by atoms with Gasteiger partial charge in [-0.05, 0) is 38.7 Å². The van der Waals surface area contributed by atoms with Crippen molar-refractivity contribution in [2.24, 2.45) is 0 Å². The zero-order valence-corrected chi connectivity index (χ0v) is 13.1. The average molecular weight is 263 g/mol. The van der Waals surface area contributed by atoms with E-state index in [0.29, 0.717) is 18.1 Å². The molecule has 2 heteroatoms. The average Bonchev–Trinajstić information content (AvgIpc) is 2.32. The van der Waals surface area contributed by atoms with Crippen molar-refractivity contribution in [2.75, 3.05) is 13.2 Å². The van der Waals surface area contributed by atoms with Crippen LogP contribution in [0.3, 0.4) is 0 Å². The van der Waals surface area contributed by atoms with Gasteiger partial charge in [0.05, 0.1) is 6.10 Å². The fraction of sp³-hybridized carbons (Fsp3) is 0.647. The summed E-state index contributed by atoms with van der Waals surface area (Å²) < 4.78 is 5.70. The van der Waals surface area contributed by atoms with Crippen LogP contribution in [-0.4, -0.2) is 25.3 Å². The first-order chi connectivity index (χ1) is 8.99. The molecule has 0 spiro atoms. The van der Waals surface area contributed by atoms with E-state index in [1.54, 1.807) is 0 Å². The van der Waals surface area contributed by atoms with Gasteiger partial charge in [0.25, 0.3) is 0 Å². The van der Waals surface area contributed by atoms with Crippen molar-refractivity contribution < 1.29 is 4.74 Å². The Morgan fingerprint density at radius 3 is 2.47 bits per heavy atom. The molecule has 19 heavy (non-hydrogen) atoms. The number of hydrogen-bond acceptors (Lipinski definition) is 2. The second-order valence-electron chi connectivity index (χ2n) is 5.88. The van der Waals surface area contributed by atoms with Crippen molar-refractivity contribution in [3.63, 3.8) is 0 Å². The van der Waals surface area contributed by atoms with E-state index >= 15 is 0 Å². The molecule has 2 nitrogen and oxygen atoms in total. The van der Waals surface area contributed by atoms with Crippen molar-refractivity contribution in [3.05, 3.63) is 35.4 Å². The molecule has 0 saturated heterocycles. The highest BCUT2D eigenvalue weighted by atomic mass is 16.5. The van der Waals surface area contributed by atoms with Gasteiger partial charge < -0.3 is 10.1 Å². The fourth-order valence-electron chi connectivity index (χ4n) is 2.13. The van der Waals surface area contributed by atoms with Gasteiger partial charge in [-0.2, -0.15) is 0 Å². The topological polar surface area (TPSA) is 21.3 Å². The highest BCUT2D eigenvalue weighted by molar-refractivity contribution is 5.25. The summed E-state index contributed by atoms with van der Waals surface area (Å²) in [5, 5.41) is 3.55. The van der Waals surface area contributed by atoms with Gasteiger partial charge in [0.15, 0.2) is 0 Å². The Labute approximate surface area is 118 Å². The maximum Gasteiger partial charge on any atom is 0.0518 e. The molecule has 1 atom stereocenters.